The summed E-state index contributed by atoms with van der Waals surface area (Å²) < 4.78 is 54.2. The maximum atomic E-state index is 14.4. The number of nitrogens with zero attached hydrogens (tertiary/aromatic N) is 7. The number of ether oxygens (including phenoxy) is 2. The number of halogens is 4. The molecule has 2 saturated carbocycles. The van der Waals surface area contributed by atoms with Crippen molar-refractivity contribution in [3.8, 4) is 23.3 Å². The highest BCUT2D eigenvalue weighted by molar-refractivity contribution is 6.67. The number of anilines is 1. The summed E-state index contributed by atoms with van der Waals surface area (Å²) in [6.07, 6.45) is 3.81. The number of fused-ring (bicyclic) bond motifs is 1. The molecule has 2 aliphatic carbocycles. The smallest absolute Gasteiger partial charge is 0.282 e. The van der Waals surface area contributed by atoms with Gasteiger partial charge in [0.25, 0.3) is 24.4 Å². The van der Waals surface area contributed by atoms with Crippen LogP contribution in [0.5, 0.6) is 17.4 Å². The van der Waals surface area contributed by atoms with Crippen LogP contribution in [-0.4, -0.2) is 74.9 Å². The van der Waals surface area contributed by atoms with E-state index in [1.54, 1.807) is 20.0 Å². The minimum Gasteiger partial charge on any atom is -0.490 e. The highest BCUT2D eigenvalue weighted by atomic mass is 35.5. The van der Waals surface area contributed by atoms with Crippen molar-refractivity contribution < 1.29 is 27.4 Å². The van der Waals surface area contributed by atoms with Gasteiger partial charge in [0.2, 0.25) is 5.28 Å². The molecule has 1 spiro atoms. The second-order valence-electron chi connectivity index (χ2n) is 13.1. The normalized spacial score (nSPS) is 19.6. The fourth-order valence-electron chi connectivity index (χ4n) is 7.21. The van der Waals surface area contributed by atoms with Crippen molar-refractivity contribution in [2.75, 3.05) is 18.0 Å². The van der Waals surface area contributed by atoms with Crippen LogP contribution in [0.4, 0.5) is 19.0 Å². The van der Waals surface area contributed by atoms with Crippen molar-refractivity contribution in [2.24, 2.45) is 5.41 Å². The lowest BCUT2D eigenvalue weighted by Gasteiger charge is -2.58. The van der Waals surface area contributed by atoms with Crippen LogP contribution in [0, 0.1) is 22.5 Å². The number of amides is 1. The zero-order valence-corrected chi connectivity index (χ0v) is 26.0. The number of benzene rings is 1. The van der Waals surface area contributed by atoms with Crippen molar-refractivity contribution in [2.45, 2.75) is 76.3 Å². The van der Waals surface area contributed by atoms with Crippen molar-refractivity contribution in [3.63, 3.8) is 0 Å². The molecule has 7 rings (SSSR count). The zero-order chi connectivity index (χ0) is 32.4. The minimum atomic E-state index is -2.83. The predicted molar refractivity (Wildman–Crippen MR) is 162 cm³/mol. The first-order valence-corrected chi connectivity index (χ1v) is 15.7. The Kier molecular flexibility index (Phi) is 7.50. The van der Waals surface area contributed by atoms with E-state index in [2.05, 4.69) is 26.1 Å². The number of carbonyl (C=O) groups is 1. The summed E-state index contributed by atoms with van der Waals surface area (Å²) in [5.74, 6) is -0.687. The van der Waals surface area contributed by atoms with Gasteiger partial charge < -0.3 is 19.3 Å². The summed E-state index contributed by atoms with van der Waals surface area (Å²) >= 11 is 6.12. The Morgan fingerprint density at radius 3 is 2.61 bits per heavy atom. The lowest BCUT2D eigenvalue weighted by molar-refractivity contribution is -0.120. The highest BCUT2D eigenvalue weighted by Crippen LogP contribution is 2.52. The number of hydrogen-bond donors (Lipinski definition) is 0. The van der Waals surface area contributed by atoms with E-state index in [1.807, 2.05) is 11.0 Å². The zero-order valence-electron chi connectivity index (χ0n) is 25.2. The van der Waals surface area contributed by atoms with Gasteiger partial charge in [-0.1, -0.05) is 0 Å². The number of hydrogen-bond acceptors (Lipinski definition) is 9. The van der Waals surface area contributed by atoms with E-state index in [-0.39, 0.29) is 40.7 Å². The van der Waals surface area contributed by atoms with Crippen molar-refractivity contribution >= 4 is 30.0 Å². The largest absolute Gasteiger partial charge is 0.490 e. The van der Waals surface area contributed by atoms with Gasteiger partial charge in [0.1, 0.15) is 23.4 Å². The summed E-state index contributed by atoms with van der Waals surface area (Å²) in [4.78, 5) is 25.7. The van der Waals surface area contributed by atoms with Gasteiger partial charge >= 0.3 is 0 Å². The van der Waals surface area contributed by atoms with Gasteiger partial charge in [0, 0.05) is 66.9 Å². The highest BCUT2D eigenvalue weighted by Gasteiger charge is 2.55. The monoisotopic (exact) mass is 651 g/mol. The van der Waals surface area contributed by atoms with E-state index in [1.165, 1.54) is 11.0 Å². The van der Waals surface area contributed by atoms with Gasteiger partial charge in [-0.15, -0.1) is 10.2 Å². The van der Waals surface area contributed by atoms with E-state index in [4.69, 9.17) is 21.1 Å². The average Bonchev–Trinajstić information content (AvgIpc) is 3.39. The second kappa shape index (κ2) is 11.3. The number of carbonyl (C=O) groups excluding carboxylic acids is 1. The maximum absolute atomic E-state index is 14.4. The van der Waals surface area contributed by atoms with Crippen molar-refractivity contribution in [1.29, 1.82) is 5.26 Å². The third-order valence-electron chi connectivity index (χ3n) is 9.39. The molecule has 3 aromatic rings. The minimum absolute atomic E-state index is 0.00123. The molecule has 2 aromatic heterocycles. The Balaban J connectivity index is 1.04. The Morgan fingerprint density at radius 2 is 1.91 bits per heavy atom. The maximum Gasteiger partial charge on any atom is 0.282 e. The topological polar surface area (TPSA) is 117 Å². The molecule has 10 nitrogen and oxygen atoms in total. The van der Waals surface area contributed by atoms with Gasteiger partial charge in [0.15, 0.2) is 5.82 Å². The summed E-state index contributed by atoms with van der Waals surface area (Å²) in [6, 6.07) is 4.27. The Labute approximate surface area is 268 Å². The molecule has 2 aliphatic heterocycles. The van der Waals surface area contributed by atoms with E-state index >= 15 is 0 Å². The fraction of sp³-hybridized carbons (Fsp3) is 0.484. The predicted octanol–water partition coefficient (Wildman–Crippen LogP) is 5.28. The first-order chi connectivity index (χ1) is 21.9. The van der Waals surface area contributed by atoms with Crippen LogP contribution in [-0.2, 0) is 12.6 Å². The molecule has 4 aliphatic rings. The first kappa shape index (κ1) is 30.5. The molecule has 1 saturated heterocycles. The van der Waals surface area contributed by atoms with Crippen LogP contribution in [0.15, 0.2) is 30.5 Å². The molecular formula is C31H30BClF3N7O3. The third kappa shape index (κ3) is 5.59. The van der Waals surface area contributed by atoms with Gasteiger partial charge in [-0.25, -0.2) is 18.4 Å². The van der Waals surface area contributed by atoms with Gasteiger partial charge in [0.05, 0.1) is 5.56 Å². The molecule has 1 amide bonds. The molecule has 46 heavy (non-hydrogen) atoms. The SMILES string of the molecule is CC(C)N(C(=O)c1cc(F)ccc1Oc1nnc(Cl)nc1N1CC2(CC(Oc3ccnc4c3CB(C#N)C4)C2)C1)C1CC(F)(F)C1. The van der Waals surface area contributed by atoms with Crippen LogP contribution in [0.25, 0.3) is 0 Å². The van der Waals surface area contributed by atoms with E-state index in [9.17, 15) is 23.2 Å². The Bertz CT molecular complexity index is 1740. The summed E-state index contributed by atoms with van der Waals surface area (Å²) in [5.41, 5.74) is 1.84. The molecule has 1 aromatic carbocycles. The molecule has 3 fully saturated rings. The number of pyridine rings is 1. The number of nitriles is 1. The van der Waals surface area contributed by atoms with Crippen LogP contribution in [0.1, 0.15) is 61.1 Å². The molecule has 238 valence electrons. The van der Waals surface area contributed by atoms with E-state index < -0.39 is 42.6 Å². The number of rotatable bonds is 8. The standard InChI is InChI=1S/C31H30BClF3N7O3/c1-17(2)43(19-8-31(35,36)9-19)28(44)21-7-18(34)3-4-24(21)46-27-26(39-29(33)41-40-27)42-14-30(15-42)10-20(11-30)45-25-5-6-38-23-13-32(16-37)12-22(23)25/h3-7,17,19-20H,8-15H2,1-2H3. The number of alkyl halides is 2. The molecule has 0 radical (unpaired) electrons. The molecule has 0 unspecified atom stereocenters. The molecule has 0 bridgehead atoms. The molecular weight excluding hydrogens is 622 g/mol. The summed E-state index contributed by atoms with van der Waals surface area (Å²) in [5, 5.41) is 17.2. The third-order valence-corrected chi connectivity index (χ3v) is 9.55. The first-order valence-electron chi connectivity index (χ1n) is 15.3. The van der Waals surface area contributed by atoms with Crippen LogP contribution in [0.2, 0.25) is 5.28 Å². The molecule has 4 heterocycles. The fourth-order valence-corrected chi connectivity index (χ4v) is 7.33. The average molecular weight is 652 g/mol. The lowest BCUT2D eigenvalue weighted by Crippen LogP contribution is -2.65. The Morgan fingerprint density at radius 1 is 1.15 bits per heavy atom. The van der Waals surface area contributed by atoms with E-state index in [0.29, 0.717) is 31.5 Å². The van der Waals surface area contributed by atoms with Crippen LogP contribution in [0.3, 0.4) is 0 Å². The summed E-state index contributed by atoms with van der Waals surface area (Å²) in [7, 11) is 0. The van der Waals surface area contributed by atoms with Gasteiger partial charge in [-0.2, -0.15) is 4.98 Å². The summed E-state index contributed by atoms with van der Waals surface area (Å²) in [6.45, 7) is 4.65. The van der Waals surface area contributed by atoms with Crippen LogP contribution < -0.4 is 14.4 Å². The number of aromatic nitrogens is 4. The quantitative estimate of drug-likeness (QED) is 0.300. The molecule has 0 N–H and O–H groups in total. The van der Waals surface area contributed by atoms with E-state index in [0.717, 1.165) is 42.0 Å². The van der Waals surface area contributed by atoms with Crippen LogP contribution >= 0.6 is 11.6 Å². The second-order valence-corrected chi connectivity index (χ2v) is 13.5. The molecule has 15 heteroatoms. The van der Waals surface area contributed by atoms with Gasteiger partial charge in [-0.05, 0) is 75.2 Å². The Hall–Kier alpha value is -4.12. The lowest BCUT2D eigenvalue weighted by atomic mass is 9.49. The van der Waals surface area contributed by atoms with Gasteiger partial charge in [-0.3, -0.25) is 9.78 Å². The molecule has 0 atom stereocenters. The van der Waals surface area contributed by atoms with Crippen molar-refractivity contribution in [1.82, 2.24) is 25.1 Å². The van der Waals surface area contributed by atoms with Crippen molar-refractivity contribution in [3.05, 3.63) is 58.4 Å².